The number of carbonyl (C=O) groups is 3. The van der Waals surface area contributed by atoms with Crippen molar-refractivity contribution in [1.82, 2.24) is 0 Å². The second kappa shape index (κ2) is 64.3. The van der Waals surface area contributed by atoms with Crippen molar-refractivity contribution < 1.29 is 28.6 Å². The zero-order valence-electron chi connectivity index (χ0n) is 50.2. The molecule has 0 rings (SSSR count). The summed E-state index contributed by atoms with van der Waals surface area (Å²) in [5.41, 5.74) is 0. The van der Waals surface area contributed by atoms with E-state index in [-0.39, 0.29) is 31.1 Å². The first-order valence-corrected chi connectivity index (χ1v) is 32.0. The molecule has 1 unspecified atom stereocenters. The molecule has 0 aliphatic carbocycles. The number of allylic oxidation sites excluding steroid dienone is 20. The lowest BCUT2D eigenvalue weighted by atomic mass is 10.1. The van der Waals surface area contributed by atoms with Gasteiger partial charge in [0.15, 0.2) is 6.10 Å². The highest BCUT2D eigenvalue weighted by Crippen LogP contribution is 2.15. The Kier molecular flexibility index (Phi) is 60.8. The Morgan fingerprint density at radius 1 is 0.273 bits per heavy atom. The van der Waals surface area contributed by atoms with Gasteiger partial charge in [-0.05, 0) is 135 Å². The molecule has 6 heteroatoms. The van der Waals surface area contributed by atoms with Crippen molar-refractivity contribution in [3.8, 4) is 0 Å². The van der Waals surface area contributed by atoms with Crippen LogP contribution in [-0.2, 0) is 28.6 Å². The van der Waals surface area contributed by atoms with E-state index < -0.39 is 6.10 Å². The van der Waals surface area contributed by atoms with E-state index in [2.05, 4.69) is 142 Å². The van der Waals surface area contributed by atoms with Crippen molar-refractivity contribution in [3.05, 3.63) is 122 Å². The average molecular weight is 1070 g/mol. The summed E-state index contributed by atoms with van der Waals surface area (Å²) in [5, 5.41) is 0. The number of carbonyl (C=O) groups excluding carboxylic acids is 3. The average Bonchev–Trinajstić information content (AvgIpc) is 3.43. The van der Waals surface area contributed by atoms with E-state index in [1.54, 1.807) is 0 Å². The quantitative estimate of drug-likeness (QED) is 0.0261. The Labute approximate surface area is 475 Å². The maximum absolute atomic E-state index is 12.9. The number of unbranched alkanes of at least 4 members (excludes halogenated alkanes) is 26. The third-order valence-electron chi connectivity index (χ3n) is 13.4. The zero-order chi connectivity index (χ0) is 55.7. The number of ether oxygens (including phenoxy) is 3. The van der Waals surface area contributed by atoms with Crippen LogP contribution < -0.4 is 0 Å². The van der Waals surface area contributed by atoms with E-state index >= 15 is 0 Å². The molecule has 6 nitrogen and oxygen atoms in total. The lowest BCUT2D eigenvalue weighted by molar-refractivity contribution is -0.167. The van der Waals surface area contributed by atoms with Crippen LogP contribution in [0.4, 0.5) is 0 Å². The van der Waals surface area contributed by atoms with Crippen molar-refractivity contribution >= 4 is 17.9 Å². The molecule has 0 saturated heterocycles. The van der Waals surface area contributed by atoms with Crippen LogP contribution in [0.2, 0.25) is 0 Å². The molecule has 0 aromatic heterocycles. The fraction of sp³-hybridized carbons (Fsp3) is 0.676. The molecule has 0 radical (unpaired) electrons. The van der Waals surface area contributed by atoms with Crippen molar-refractivity contribution in [3.63, 3.8) is 0 Å². The Bertz CT molecular complexity index is 1600. The third-order valence-corrected chi connectivity index (χ3v) is 13.4. The van der Waals surface area contributed by atoms with Crippen LogP contribution >= 0.6 is 0 Å². The second-order valence-corrected chi connectivity index (χ2v) is 20.9. The molecule has 0 amide bonds. The van der Waals surface area contributed by atoms with Gasteiger partial charge < -0.3 is 14.2 Å². The van der Waals surface area contributed by atoms with Crippen LogP contribution in [0.15, 0.2) is 122 Å². The molecule has 0 bridgehead atoms. The standard InChI is InChI=1S/C71H118O6/c1-4-7-10-13-16-19-22-25-27-29-30-31-32-33-34-35-36-37-38-39-40-42-43-46-49-52-55-58-61-64-70(73)76-67-68(66-75-69(72)63-60-57-54-51-48-45-24-21-18-15-12-9-6-3)77-71(74)65-62-59-56-53-50-47-44-41-28-26-23-20-17-14-11-8-5-2/h7,10,16,19,21,24-28,30-31,33-34,36-37,39-40,43,46,68H,4-6,8-9,11-15,17-18,20,22-23,29,32,35,38,41-42,44-45,47-67H2,1-3H3/b10-7-,19-16-,24-21-,27-25-,28-26-,31-30-,34-33-,37-36-,40-39-,46-43-. The number of hydrogen-bond acceptors (Lipinski definition) is 6. The van der Waals surface area contributed by atoms with Gasteiger partial charge in [0.2, 0.25) is 0 Å². The third kappa shape index (κ3) is 62.5. The molecule has 0 aromatic carbocycles. The topological polar surface area (TPSA) is 78.9 Å². The van der Waals surface area contributed by atoms with Gasteiger partial charge in [-0.2, -0.15) is 0 Å². The van der Waals surface area contributed by atoms with E-state index in [1.165, 1.54) is 122 Å². The Hall–Kier alpha value is -4.19. The lowest BCUT2D eigenvalue weighted by Gasteiger charge is -2.18. The molecule has 77 heavy (non-hydrogen) atoms. The maximum Gasteiger partial charge on any atom is 0.306 e. The molecule has 0 heterocycles. The van der Waals surface area contributed by atoms with Gasteiger partial charge in [-0.15, -0.1) is 0 Å². The Morgan fingerprint density at radius 3 is 0.818 bits per heavy atom. The molecule has 0 aliphatic rings. The summed E-state index contributed by atoms with van der Waals surface area (Å²) >= 11 is 0. The number of esters is 3. The van der Waals surface area contributed by atoms with Crippen molar-refractivity contribution in [2.45, 2.75) is 297 Å². The molecule has 0 saturated carbocycles. The fourth-order valence-electron chi connectivity index (χ4n) is 8.62. The monoisotopic (exact) mass is 1070 g/mol. The SMILES string of the molecule is CC/C=C\C/C=C\C/C=C\C/C=C\C/C=C\C/C=C\C/C=C\C/C=C\CCCCCCC(=O)OCC(COC(=O)CCCCCCC/C=C\CCCCCC)OC(=O)CCCCCCCCC/C=C\CCCCCCCC. The van der Waals surface area contributed by atoms with Gasteiger partial charge in [-0.1, -0.05) is 258 Å². The number of rotatable bonds is 57. The highest BCUT2D eigenvalue weighted by atomic mass is 16.6. The highest BCUT2D eigenvalue weighted by Gasteiger charge is 2.19. The molecule has 438 valence electrons. The van der Waals surface area contributed by atoms with Crippen molar-refractivity contribution in [2.24, 2.45) is 0 Å². The van der Waals surface area contributed by atoms with Gasteiger partial charge in [0.25, 0.3) is 0 Å². The van der Waals surface area contributed by atoms with Crippen LogP contribution in [0.25, 0.3) is 0 Å². The first-order valence-electron chi connectivity index (χ1n) is 32.0. The van der Waals surface area contributed by atoms with Gasteiger partial charge >= 0.3 is 17.9 Å². The normalized spacial score (nSPS) is 12.9. The fourth-order valence-corrected chi connectivity index (χ4v) is 8.62. The zero-order valence-corrected chi connectivity index (χ0v) is 50.2. The highest BCUT2D eigenvalue weighted by molar-refractivity contribution is 5.71. The molecule has 0 spiro atoms. The van der Waals surface area contributed by atoms with Gasteiger partial charge in [-0.25, -0.2) is 0 Å². The van der Waals surface area contributed by atoms with E-state index in [0.717, 1.165) is 128 Å². The second-order valence-electron chi connectivity index (χ2n) is 20.9. The van der Waals surface area contributed by atoms with E-state index in [1.807, 2.05) is 0 Å². The summed E-state index contributed by atoms with van der Waals surface area (Å²) < 4.78 is 16.9. The van der Waals surface area contributed by atoms with Crippen molar-refractivity contribution in [2.75, 3.05) is 13.2 Å². The molecule has 0 fully saturated rings. The van der Waals surface area contributed by atoms with E-state index in [9.17, 15) is 14.4 Å². The first-order chi connectivity index (χ1) is 38.0. The molecular formula is C71H118O6. The Balaban J connectivity index is 4.39. The molecule has 0 N–H and O–H groups in total. The first kappa shape index (κ1) is 72.8. The predicted octanol–water partition coefficient (Wildman–Crippen LogP) is 22.0. The smallest absolute Gasteiger partial charge is 0.306 e. The maximum atomic E-state index is 12.9. The predicted molar refractivity (Wildman–Crippen MR) is 334 cm³/mol. The molecule has 0 aliphatic heterocycles. The molecule has 0 aromatic rings. The summed E-state index contributed by atoms with van der Waals surface area (Å²) in [6.45, 7) is 6.49. The lowest BCUT2D eigenvalue weighted by Crippen LogP contribution is -2.30. The van der Waals surface area contributed by atoms with Crippen LogP contribution in [-0.4, -0.2) is 37.2 Å². The van der Waals surface area contributed by atoms with Gasteiger partial charge in [0.05, 0.1) is 0 Å². The van der Waals surface area contributed by atoms with Crippen LogP contribution in [0, 0.1) is 0 Å². The summed E-state index contributed by atoms with van der Waals surface area (Å²) in [4.78, 5) is 38.3. The van der Waals surface area contributed by atoms with Crippen molar-refractivity contribution in [1.29, 1.82) is 0 Å². The summed E-state index contributed by atoms with van der Waals surface area (Å²) in [6, 6.07) is 0. The summed E-state index contributed by atoms with van der Waals surface area (Å²) in [5.74, 6) is -0.928. The van der Waals surface area contributed by atoms with E-state index in [0.29, 0.717) is 19.3 Å². The van der Waals surface area contributed by atoms with Crippen LogP contribution in [0.3, 0.4) is 0 Å². The minimum Gasteiger partial charge on any atom is -0.462 e. The van der Waals surface area contributed by atoms with E-state index in [4.69, 9.17) is 14.2 Å². The van der Waals surface area contributed by atoms with Gasteiger partial charge in [0, 0.05) is 19.3 Å². The number of hydrogen-bond donors (Lipinski definition) is 0. The minimum atomic E-state index is -0.798. The summed E-state index contributed by atoms with van der Waals surface area (Å²) in [6.07, 6.45) is 89.1. The van der Waals surface area contributed by atoms with Crippen LogP contribution in [0.5, 0.6) is 0 Å². The largest absolute Gasteiger partial charge is 0.462 e. The summed E-state index contributed by atoms with van der Waals surface area (Å²) in [7, 11) is 0. The Morgan fingerprint density at radius 2 is 0.506 bits per heavy atom. The van der Waals surface area contributed by atoms with Gasteiger partial charge in [-0.3, -0.25) is 14.4 Å². The molecule has 1 atom stereocenters. The molecular weight excluding hydrogens is 949 g/mol. The minimum absolute atomic E-state index is 0.0936. The van der Waals surface area contributed by atoms with Gasteiger partial charge in [0.1, 0.15) is 13.2 Å². The van der Waals surface area contributed by atoms with Crippen LogP contribution in [0.1, 0.15) is 290 Å².